The molecule has 0 aromatic heterocycles. The molecule has 0 aliphatic heterocycles. The Balaban J connectivity index is 3.58. The van der Waals surface area contributed by atoms with Gasteiger partial charge < -0.3 is 15.5 Å². The van der Waals surface area contributed by atoms with E-state index in [2.05, 4.69) is 153 Å². The lowest BCUT2D eigenvalue weighted by molar-refractivity contribution is -0.123. The molecule has 4 nitrogen and oxygen atoms in total. The van der Waals surface area contributed by atoms with Gasteiger partial charge in [-0.05, 0) is 116 Å². The summed E-state index contributed by atoms with van der Waals surface area (Å²) in [5, 5.41) is 23.3. The average Bonchev–Trinajstić information content (AvgIpc) is 3.51. The third-order valence-electron chi connectivity index (χ3n) is 15.8. The first-order chi connectivity index (χ1) is 41.7. The van der Waals surface area contributed by atoms with Gasteiger partial charge in [0.25, 0.3) is 0 Å². The smallest absolute Gasteiger partial charge is 0.220 e. The van der Waals surface area contributed by atoms with Crippen LogP contribution in [0.1, 0.15) is 335 Å². The molecule has 0 aromatic carbocycles. The molecule has 1 amide bonds. The third-order valence-corrected chi connectivity index (χ3v) is 15.8. The summed E-state index contributed by atoms with van der Waals surface area (Å²) in [5.74, 6) is -0.0839. The molecule has 3 N–H and O–H groups in total. The number of aliphatic hydroxyl groups excluding tert-OH is 2. The van der Waals surface area contributed by atoms with Gasteiger partial charge in [0.15, 0.2) is 0 Å². The van der Waals surface area contributed by atoms with E-state index in [0.717, 1.165) is 103 Å². The number of amides is 1. The van der Waals surface area contributed by atoms with Crippen LogP contribution in [-0.2, 0) is 4.79 Å². The van der Waals surface area contributed by atoms with Crippen LogP contribution in [0, 0.1) is 0 Å². The van der Waals surface area contributed by atoms with Crippen molar-refractivity contribution >= 4 is 5.91 Å². The number of carbonyl (C=O) groups excluding carboxylic acids is 1. The summed E-state index contributed by atoms with van der Waals surface area (Å²) >= 11 is 0. The van der Waals surface area contributed by atoms with E-state index >= 15 is 0 Å². The first kappa shape index (κ1) is 80.3. The lowest BCUT2D eigenvalue weighted by Crippen LogP contribution is -2.45. The van der Waals surface area contributed by atoms with Gasteiger partial charge in [0.1, 0.15) is 0 Å². The molecule has 2 atom stereocenters. The van der Waals surface area contributed by atoms with Crippen LogP contribution >= 0.6 is 0 Å². The van der Waals surface area contributed by atoms with Crippen molar-refractivity contribution in [3.05, 3.63) is 146 Å². The zero-order valence-corrected chi connectivity index (χ0v) is 55.4. The highest BCUT2D eigenvalue weighted by molar-refractivity contribution is 5.76. The Bertz CT molecular complexity index is 1700. The van der Waals surface area contributed by atoms with E-state index in [1.165, 1.54) is 212 Å². The van der Waals surface area contributed by atoms with Gasteiger partial charge in [0.05, 0.1) is 18.8 Å². The van der Waals surface area contributed by atoms with Crippen molar-refractivity contribution < 1.29 is 15.0 Å². The van der Waals surface area contributed by atoms with Crippen LogP contribution in [0.3, 0.4) is 0 Å². The molecule has 2 unspecified atom stereocenters. The quantitative estimate of drug-likeness (QED) is 0.0420. The van der Waals surface area contributed by atoms with Crippen LogP contribution in [0.5, 0.6) is 0 Å². The Morgan fingerprint density at radius 1 is 0.298 bits per heavy atom. The summed E-state index contributed by atoms with van der Waals surface area (Å²) in [5.41, 5.74) is 0. The van der Waals surface area contributed by atoms with Crippen molar-refractivity contribution in [2.45, 2.75) is 347 Å². The maximum atomic E-state index is 12.5. The van der Waals surface area contributed by atoms with E-state index in [0.29, 0.717) is 6.42 Å². The van der Waals surface area contributed by atoms with Gasteiger partial charge in [-0.3, -0.25) is 4.79 Å². The Morgan fingerprint density at radius 3 is 0.833 bits per heavy atom. The number of allylic oxidation sites excluding steroid dienone is 23. The zero-order chi connectivity index (χ0) is 60.5. The van der Waals surface area contributed by atoms with Crippen LogP contribution in [0.25, 0.3) is 0 Å². The van der Waals surface area contributed by atoms with E-state index < -0.39 is 12.1 Å². The van der Waals surface area contributed by atoms with E-state index in [1.54, 1.807) is 6.08 Å². The molecule has 0 heterocycles. The predicted molar refractivity (Wildman–Crippen MR) is 377 cm³/mol. The molecule has 84 heavy (non-hydrogen) atoms. The summed E-state index contributed by atoms with van der Waals surface area (Å²) < 4.78 is 0. The molecule has 0 saturated heterocycles. The largest absolute Gasteiger partial charge is 0.394 e. The number of rotatable bonds is 65. The molecule has 0 fully saturated rings. The number of unbranched alkanes of at least 4 members (excludes halogenated alkanes) is 36. The van der Waals surface area contributed by atoms with Crippen molar-refractivity contribution in [3.8, 4) is 0 Å². The summed E-state index contributed by atoms with van der Waals surface area (Å²) in [6, 6.07) is -0.659. The summed E-state index contributed by atoms with van der Waals surface area (Å²) in [7, 11) is 0. The molecular formula is C80H137NO3. The fraction of sp³-hybridized carbons (Fsp3) is 0.688. The van der Waals surface area contributed by atoms with E-state index in [1.807, 2.05) is 6.08 Å². The fourth-order valence-corrected chi connectivity index (χ4v) is 10.4. The first-order valence-electron chi connectivity index (χ1n) is 36.0. The average molecular weight is 1160 g/mol. The summed E-state index contributed by atoms with van der Waals surface area (Å²) in [6.45, 7) is 4.20. The van der Waals surface area contributed by atoms with Gasteiger partial charge in [0.2, 0.25) is 5.91 Å². The van der Waals surface area contributed by atoms with Crippen LogP contribution in [0.15, 0.2) is 146 Å². The number of carbonyl (C=O) groups is 1. The van der Waals surface area contributed by atoms with Crippen molar-refractivity contribution in [2.24, 2.45) is 0 Å². The first-order valence-corrected chi connectivity index (χ1v) is 36.0. The van der Waals surface area contributed by atoms with Gasteiger partial charge >= 0.3 is 0 Å². The molecule has 0 aliphatic carbocycles. The van der Waals surface area contributed by atoms with E-state index in [4.69, 9.17) is 0 Å². The predicted octanol–water partition coefficient (Wildman–Crippen LogP) is 25.0. The van der Waals surface area contributed by atoms with Crippen LogP contribution in [-0.4, -0.2) is 34.9 Å². The van der Waals surface area contributed by atoms with Crippen molar-refractivity contribution in [1.82, 2.24) is 5.32 Å². The fourth-order valence-electron chi connectivity index (χ4n) is 10.4. The minimum absolute atomic E-state index is 0.0839. The number of aliphatic hydroxyl groups is 2. The maximum absolute atomic E-state index is 12.5. The van der Waals surface area contributed by atoms with Gasteiger partial charge in [-0.15, -0.1) is 0 Å². The van der Waals surface area contributed by atoms with Crippen LogP contribution < -0.4 is 5.32 Å². The highest BCUT2D eigenvalue weighted by Gasteiger charge is 2.18. The molecule has 4 heteroatoms. The number of hydrogen-bond donors (Lipinski definition) is 3. The molecule has 0 rings (SSSR count). The molecule has 480 valence electrons. The Kier molecular flexibility index (Phi) is 70.3. The van der Waals surface area contributed by atoms with Gasteiger partial charge in [0, 0.05) is 6.42 Å². The van der Waals surface area contributed by atoms with E-state index in [9.17, 15) is 15.0 Å². The van der Waals surface area contributed by atoms with Crippen molar-refractivity contribution in [3.63, 3.8) is 0 Å². The van der Waals surface area contributed by atoms with Crippen LogP contribution in [0.4, 0.5) is 0 Å². The molecule has 0 aromatic rings. The van der Waals surface area contributed by atoms with Gasteiger partial charge in [-0.2, -0.15) is 0 Å². The lowest BCUT2D eigenvalue weighted by atomic mass is 10.0. The molecule has 0 aliphatic rings. The second-order valence-electron chi connectivity index (χ2n) is 23.9. The topological polar surface area (TPSA) is 69.6 Å². The normalized spacial score (nSPS) is 13.6. The molecule has 0 bridgehead atoms. The Hall–Kier alpha value is -3.73. The molecule has 0 saturated carbocycles. The highest BCUT2D eigenvalue weighted by atomic mass is 16.3. The SMILES string of the molecule is CC/C=C\C/C=C\C/C=C\C/C=C\C/C=C\C/C=C\C/C=C\C/C=C\C/C=C\CCCCCCCCCCCCCC(=O)NC(CO)C(O)/C=C/CC/C=C/CC/C=C/CCCCCCCCCCCCCCCCCCCCCCCCC. The highest BCUT2D eigenvalue weighted by Crippen LogP contribution is 2.17. The lowest BCUT2D eigenvalue weighted by Gasteiger charge is -2.19. The minimum Gasteiger partial charge on any atom is -0.394 e. The van der Waals surface area contributed by atoms with Gasteiger partial charge in [-0.25, -0.2) is 0 Å². The maximum Gasteiger partial charge on any atom is 0.220 e. The van der Waals surface area contributed by atoms with Gasteiger partial charge in [-0.1, -0.05) is 359 Å². The zero-order valence-electron chi connectivity index (χ0n) is 55.4. The van der Waals surface area contributed by atoms with E-state index in [-0.39, 0.29) is 12.5 Å². The summed E-state index contributed by atoms with van der Waals surface area (Å²) in [6.07, 6.45) is 115. The molecule has 0 spiro atoms. The monoisotopic (exact) mass is 1160 g/mol. The second kappa shape index (κ2) is 73.5. The Morgan fingerprint density at radius 2 is 0.536 bits per heavy atom. The summed E-state index contributed by atoms with van der Waals surface area (Å²) in [4.78, 5) is 12.5. The van der Waals surface area contributed by atoms with Crippen LogP contribution in [0.2, 0.25) is 0 Å². The third kappa shape index (κ3) is 69.0. The second-order valence-corrected chi connectivity index (χ2v) is 23.9. The minimum atomic E-state index is -0.883. The molecular weight excluding hydrogens is 1020 g/mol. The standard InChI is InChI=1S/C80H137NO3/c1-3-5-7-9-11-13-15-17-19-21-23-25-27-29-31-33-35-37-38-39-40-41-42-44-46-48-50-52-54-56-58-60-62-64-66-68-70-72-74-76-80(84)81-78(77-82)79(83)75-73-71-69-67-65-63-61-59-57-55-53-51-49-47-45-43-36-34-32-30-28-26-24-22-20-18-16-14-12-10-8-6-4-2/h5,7,11,13,17,19,23,25,29,31,35,37,39-40,42,44,48,50,57,59,65,67,73,75,78-79,82-83H,3-4,6,8-10,12,14-16,18,20-22,24,26-28,30,32-34,36,38,41,43,45-47,49,51-56,58,60-64,66,68-72,74,76-77H2,1-2H3,(H,81,84)/b7-5-,13-11-,19-17-,25-23-,31-29-,37-35-,40-39-,44-42-,50-48-,59-57+,67-65+,75-73+. The number of hydrogen-bond acceptors (Lipinski definition) is 3. The molecule has 0 radical (unpaired) electrons. The Labute approximate surface area is 523 Å². The van der Waals surface area contributed by atoms with Crippen molar-refractivity contribution in [2.75, 3.05) is 6.61 Å². The number of nitrogens with one attached hydrogen (secondary N) is 1. The van der Waals surface area contributed by atoms with Crippen molar-refractivity contribution in [1.29, 1.82) is 0 Å².